The van der Waals surface area contributed by atoms with Crippen molar-refractivity contribution in [3.05, 3.63) is 0 Å². The van der Waals surface area contributed by atoms with Gasteiger partial charge in [0.25, 0.3) is 0 Å². The van der Waals surface area contributed by atoms with Gasteiger partial charge in [-0.1, -0.05) is 13.3 Å². The molecule has 0 bridgehead atoms. The molecule has 0 radical (unpaired) electrons. The summed E-state index contributed by atoms with van der Waals surface area (Å²) in [6.45, 7) is 3.93. The van der Waals surface area contributed by atoms with Crippen LogP contribution in [0.2, 0.25) is 0 Å². The number of likely N-dealkylation sites (tertiary alicyclic amines) is 1. The van der Waals surface area contributed by atoms with Crippen LogP contribution in [0.5, 0.6) is 0 Å². The van der Waals surface area contributed by atoms with E-state index in [4.69, 9.17) is 0 Å². The monoisotopic (exact) mass is 231 g/mol. The highest BCUT2D eigenvalue weighted by atomic mass is 32.2. The molecule has 1 aliphatic heterocycles. The summed E-state index contributed by atoms with van der Waals surface area (Å²) >= 11 is 1.78. The number of carboxylic acid groups (broad SMARTS) is 1. The summed E-state index contributed by atoms with van der Waals surface area (Å²) in [5.41, 5.74) is -0.551. The molecule has 1 unspecified atom stereocenters. The second-order valence-corrected chi connectivity index (χ2v) is 5.16. The first-order valence-electron chi connectivity index (χ1n) is 5.64. The van der Waals surface area contributed by atoms with Gasteiger partial charge in [-0.3, -0.25) is 9.69 Å². The van der Waals surface area contributed by atoms with Gasteiger partial charge in [-0.25, -0.2) is 0 Å². The number of thioether (sulfide) groups is 1. The Bertz CT molecular complexity index is 223. The molecule has 1 atom stereocenters. The van der Waals surface area contributed by atoms with Crippen LogP contribution in [0.3, 0.4) is 0 Å². The SMILES string of the molecule is CCCC1(C(=O)O)CCCN1CCSC. The van der Waals surface area contributed by atoms with Gasteiger partial charge in [0.2, 0.25) is 0 Å². The second-order valence-electron chi connectivity index (χ2n) is 4.17. The summed E-state index contributed by atoms with van der Waals surface area (Å²) in [5, 5.41) is 9.42. The third-order valence-corrected chi connectivity index (χ3v) is 3.84. The molecule has 0 amide bonds. The van der Waals surface area contributed by atoms with Gasteiger partial charge < -0.3 is 5.11 Å². The molecule has 1 rings (SSSR count). The van der Waals surface area contributed by atoms with Gasteiger partial charge in [0.05, 0.1) is 0 Å². The quantitative estimate of drug-likeness (QED) is 0.759. The van der Waals surface area contributed by atoms with Crippen LogP contribution in [0.25, 0.3) is 0 Å². The van der Waals surface area contributed by atoms with Crippen molar-refractivity contribution >= 4 is 17.7 Å². The molecule has 0 aromatic rings. The minimum absolute atomic E-state index is 0.551. The standard InChI is InChI=1S/C11H21NO2S/c1-3-5-11(10(13)14)6-4-7-12(11)8-9-15-2/h3-9H2,1-2H3,(H,13,14). The average molecular weight is 231 g/mol. The molecule has 1 fully saturated rings. The first kappa shape index (κ1) is 12.8. The molecule has 4 heteroatoms. The lowest BCUT2D eigenvalue weighted by atomic mass is 9.91. The molecule has 88 valence electrons. The molecule has 15 heavy (non-hydrogen) atoms. The maximum Gasteiger partial charge on any atom is 0.324 e. The van der Waals surface area contributed by atoms with Gasteiger partial charge in [-0.15, -0.1) is 0 Å². The molecule has 1 heterocycles. The zero-order valence-corrected chi connectivity index (χ0v) is 10.5. The Kier molecular flexibility index (Phi) is 4.93. The van der Waals surface area contributed by atoms with Crippen molar-refractivity contribution in [2.75, 3.05) is 25.1 Å². The topological polar surface area (TPSA) is 40.5 Å². The van der Waals surface area contributed by atoms with Gasteiger partial charge in [-0.05, 0) is 32.1 Å². The van der Waals surface area contributed by atoms with Crippen LogP contribution in [-0.2, 0) is 4.79 Å². The van der Waals surface area contributed by atoms with E-state index in [1.165, 1.54) is 0 Å². The lowest BCUT2D eigenvalue weighted by Gasteiger charge is -2.34. The van der Waals surface area contributed by atoms with E-state index in [-0.39, 0.29) is 0 Å². The first-order chi connectivity index (χ1) is 7.17. The van der Waals surface area contributed by atoms with Crippen LogP contribution < -0.4 is 0 Å². The number of hydrogen-bond acceptors (Lipinski definition) is 3. The van der Waals surface area contributed by atoms with Crippen molar-refractivity contribution in [1.82, 2.24) is 4.90 Å². The van der Waals surface area contributed by atoms with Gasteiger partial charge in [0.15, 0.2) is 0 Å². The maximum atomic E-state index is 11.4. The average Bonchev–Trinajstić information content (AvgIpc) is 2.60. The van der Waals surface area contributed by atoms with Crippen LogP contribution in [0.4, 0.5) is 0 Å². The molecule has 1 saturated heterocycles. The molecule has 0 saturated carbocycles. The fourth-order valence-electron chi connectivity index (χ4n) is 2.51. The Hall–Kier alpha value is -0.220. The highest BCUT2D eigenvalue weighted by Crippen LogP contribution is 2.33. The zero-order chi connectivity index (χ0) is 11.3. The van der Waals surface area contributed by atoms with Crippen molar-refractivity contribution < 1.29 is 9.90 Å². The highest BCUT2D eigenvalue weighted by Gasteiger charge is 2.46. The minimum Gasteiger partial charge on any atom is -0.480 e. The largest absolute Gasteiger partial charge is 0.480 e. The van der Waals surface area contributed by atoms with E-state index in [9.17, 15) is 9.90 Å². The summed E-state index contributed by atoms with van der Waals surface area (Å²) in [7, 11) is 0. The predicted molar refractivity (Wildman–Crippen MR) is 64.5 cm³/mol. The molecular weight excluding hydrogens is 210 g/mol. The van der Waals surface area contributed by atoms with E-state index in [0.717, 1.165) is 44.5 Å². The fourth-order valence-corrected chi connectivity index (χ4v) is 2.91. The van der Waals surface area contributed by atoms with E-state index in [1.54, 1.807) is 11.8 Å². The Balaban J connectivity index is 2.70. The zero-order valence-electron chi connectivity index (χ0n) is 9.66. The molecule has 0 aromatic heterocycles. The smallest absolute Gasteiger partial charge is 0.324 e. The van der Waals surface area contributed by atoms with E-state index in [2.05, 4.69) is 18.1 Å². The van der Waals surface area contributed by atoms with Crippen molar-refractivity contribution in [3.8, 4) is 0 Å². The van der Waals surface area contributed by atoms with Crippen molar-refractivity contribution in [3.63, 3.8) is 0 Å². The number of carbonyl (C=O) groups is 1. The fraction of sp³-hybridized carbons (Fsp3) is 0.909. The normalized spacial score (nSPS) is 27.1. The van der Waals surface area contributed by atoms with Gasteiger partial charge in [0, 0.05) is 12.3 Å². The lowest BCUT2D eigenvalue weighted by Crippen LogP contribution is -2.51. The molecule has 1 aliphatic rings. The lowest BCUT2D eigenvalue weighted by molar-refractivity contribution is -0.150. The summed E-state index contributed by atoms with van der Waals surface area (Å²) in [6.07, 6.45) is 5.66. The van der Waals surface area contributed by atoms with Crippen LogP contribution in [0.1, 0.15) is 32.6 Å². The Morgan fingerprint density at radius 2 is 2.33 bits per heavy atom. The predicted octanol–water partition coefficient (Wildman–Crippen LogP) is 2.07. The highest BCUT2D eigenvalue weighted by molar-refractivity contribution is 7.98. The van der Waals surface area contributed by atoms with Crippen molar-refractivity contribution in [2.24, 2.45) is 0 Å². The molecule has 0 aliphatic carbocycles. The third-order valence-electron chi connectivity index (χ3n) is 3.25. The van der Waals surface area contributed by atoms with Crippen LogP contribution in [0.15, 0.2) is 0 Å². The Labute approximate surface area is 96.2 Å². The van der Waals surface area contributed by atoms with Crippen molar-refractivity contribution in [2.45, 2.75) is 38.1 Å². The summed E-state index contributed by atoms with van der Waals surface area (Å²) in [5.74, 6) is 0.404. The first-order valence-corrected chi connectivity index (χ1v) is 7.04. The van der Waals surface area contributed by atoms with Gasteiger partial charge in [0.1, 0.15) is 5.54 Å². The summed E-state index contributed by atoms with van der Waals surface area (Å²) in [4.78, 5) is 13.6. The maximum absolute atomic E-state index is 11.4. The number of carboxylic acids is 1. The number of rotatable bonds is 6. The van der Waals surface area contributed by atoms with Crippen LogP contribution >= 0.6 is 11.8 Å². The second kappa shape index (κ2) is 5.75. The molecule has 3 nitrogen and oxygen atoms in total. The van der Waals surface area contributed by atoms with Crippen LogP contribution in [0, 0.1) is 0 Å². The number of nitrogens with zero attached hydrogens (tertiary/aromatic N) is 1. The van der Waals surface area contributed by atoms with E-state index >= 15 is 0 Å². The van der Waals surface area contributed by atoms with Gasteiger partial charge >= 0.3 is 5.97 Å². The summed E-state index contributed by atoms with van der Waals surface area (Å²) < 4.78 is 0. The number of hydrogen-bond donors (Lipinski definition) is 1. The van der Waals surface area contributed by atoms with Gasteiger partial charge in [-0.2, -0.15) is 11.8 Å². The Morgan fingerprint density at radius 3 is 2.87 bits per heavy atom. The minimum atomic E-state index is -0.622. The van der Waals surface area contributed by atoms with Crippen LogP contribution in [-0.4, -0.2) is 46.6 Å². The number of aliphatic carboxylic acids is 1. The molecular formula is C11H21NO2S. The van der Waals surface area contributed by atoms with E-state index in [0.29, 0.717) is 0 Å². The summed E-state index contributed by atoms with van der Waals surface area (Å²) in [6, 6.07) is 0. The van der Waals surface area contributed by atoms with E-state index in [1.807, 2.05) is 0 Å². The molecule has 0 spiro atoms. The van der Waals surface area contributed by atoms with Crippen molar-refractivity contribution in [1.29, 1.82) is 0 Å². The van der Waals surface area contributed by atoms with E-state index < -0.39 is 11.5 Å². The Morgan fingerprint density at radius 1 is 1.60 bits per heavy atom. The molecule has 0 aromatic carbocycles. The third kappa shape index (κ3) is 2.67. The molecule has 1 N–H and O–H groups in total.